The van der Waals surface area contributed by atoms with E-state index >= 15 is 0 Å². The van der Waals surface area contributed by atoms with Crippen molar-refractivity contribution in [3.05, 3.63) is 0 Å². The van der Waals surface area contributed by atoms with Gasteiger partial charge in [-0.1, -0.05) is 6.92 Å². The van der Waals surface area contributed by atoms with Gasteiger partial charge in [-0.15, -0.1) is 0 Å². The number of piperidine rings is 1. The largest absolute Gasteiger partial charge is 0.393 e. The second kappa shape index (κ2) is 7.74. The summed E-state index contributed by atoms with van der Waals surface area (Å²) in [4.78, 5) is 2.58. The minimum Gasteiger partial charge on any atom is -0.393 e. The van der Waals surface area contributed by atoms with Crippen LogP contribution >= 0.6 is 0 Å². The number of aliphatic hydroxyl groups is 1. The SMILES string of the molecule is CCCNCC1(CN2CCC(C(C)O)CC2)CCOC1. The number of hydrogen-bond donors (Lipinski definition) is 2. The predicted octanol–water partition coefficient (Wildman–Crippen LogP) is 1.49. The van der Waals surface area contributed by atoms with Crippen LogP contribution in [0.3, 0.4) is 0 Å². The third kappa shape index (κ3) is 4.42. The second-order valence-corrected chi connectivity index (χ2v) is 6.83. The molecule has 0 aromatic rings. The number of hydrogen-bond acceptors (Lipinski definition) is 4. The third-order valence-electron chi connectivity index (χ3n) is 4.99. The number of rotatable bonds is 7. The van der Waals surface area contributed by atoms with Gasteiger partial charge in [0, 0.05) is 25.1 Å². The van der Waals surface area contributed by atoms with Gasteiger partial charge in [-0.3, -0.25) is 0 Å². The van der Waals surface area contributed by atoms with E-state index < -0.39 is 0 Å². The molecule has 0 aromatic carbocycles. The van der Waals surface area contributed by atoms with Crippen molar-refractivity contribution in [3.8, 4) is 0 Å². The standard InChI is InChI=1S/C16H32N2O2/c1-3-7-17-11-16(6-10-20-13-16)12-18-8-4-15(5-9-18)14(2)19/h14-15,17,19H,3-13H2,1-2H3. The van der Waals surface area contributed by atoms with E-state index in [0.29, 0.717) is 11.3 Å². The average Bonchev–Trinajstić information content (AvgIpc) is 2.88. The van der Waals surface area contributed by atoms with Crippen molar-refractivity contribution in [2.75, 3.05) is 45.9 Å². The van der Waals surface area contributed by atoms with Crippen LogP contribution in [0.25, 0.3) is 0 Å². The molecule has 0 bridgehead atoms. The Morgan fingerprint density at radius 3 is 2.70 bits per heavy atom. The first-order valence-corrected chi connectivity index (χ1v) is 8.34. The monoisotopic (exact) mass is 284 g/mol. The van der Waals surface area contributed by atoms with E-state index in [4.69, 9.17) is 4.74 Å². The van der Waals surface area contributed by atoms with E-state index in [9.17, 15) is 5.11 Å². The minimum atomic E-state index is -0.146. The van der Waals surface area contributed by atoms with Crippen LogP contribution in [0.4, 0.5) is 0 Å². The zero-order chi connectivity index (χ0) is 14.4. The molecule has 20 heavy (non-hydrogen) atoms. The van der Waals surface area contributed by atoms with Gasteiger partial charge < -0.3 is 20.1 Å². The molecule has 4 nitrogen and oxygen atoms in total. The first kappa shape index (κ1) is 16.2. The average molecular weight is 284 g/mol. The molecule has 2 atom stereocenters. The number of ether oxygens (including phenoxy) is 1. The molecule has 0 aromatic heterocycles. The van der Waals surface area contributed by atoms with E-state index in [0.717, 1.165) is 58.8 Å². The summed E-state index contributed by atoms with van der Waals surface area (Å²) in [5, 5.41) is 13.3. The molecule has 2 aliphatic heterocycles. The predicted molar refractivity (Wildman–Crippen MR) is 81.9 cm³/mol. The fraction of sp³-hybridized carbons (Fsp3) is 1.00. The van der Waals surface area contributed by atoms with Crippen molar-refractivity contribution in [2.24, 2.45) is 11.3 Å². The first-order chi connectivity index (χ1) is 9.65. The second-order valence-electron chi connectivity index (χ2n) is 6.83. The zero-order valence-electron chi connectivity index (χ0n) is 13.2. The van der Waals surface area contributed by atoms with Crippen LogP contribution in [0.2, 0.25) is 0 Å². The summed E-state index contributed by atoms with van der Waals surface area (Å²) < 4.78 is 5.69. The van der Waals surface area contributed by atoms with Crippen LogP contribution in [-0.2, 0) is 4.74 Å². The van der Waals surface area contributed by atoms with E-state index in [-0.39, 0.29) is 6.10 Å². The molecular weight excluding hydrogens is 252 g/mol. The highest BCUT2D eigenvalue weighted by molar-refractivity contribution is 4.90. The van der Waals surface area contributed by atoms with Crippen LogP contribution in [0.5, 0.6) is 0 Å². The molecule has 0 radical (unpaired) electrons. The Hall–Kier alpha value is -0.160. The molecule has 2 aliphatic rings. The number of aliphatic hydroxyl groups excluding tert-OH is 1. The number of likely N-dealkylation sites (tertiary alicyclic amines) is 1. The van der Waals surface area contributed by atoms with Gasteiger partial charge in [-0.2, -0.15) is 0 Å². The Morgan fingerprint density at radius 2 is 2.15 bits per heavy atom. The van der Waals surface area contributed by atoms with Crippen LogP contribution in [0, 0.1) is 11.3 Å². The number of nitrogens with zero attached hydrogens (tertiary/aromatic N) is 1. The van der Waals surface area contributed by atoms with E-state index in [1.807, 2.05) is 6.92 Å². The van der Waals surface area contributed by atoms with Crippen LogP contribution < -0.4 is 5.32 Å². The molecule has 2 saturated heterocycles. The van der Waals surface area contributed by atoms with Gasteiger partial charge in [-0.05, 0) is 58.2 Å². The van der Waals surface area contributed by atoms with Gasteiger partial charge in [0.25, 0.3) is 0 Å². The summed E-state index contributed by atoms with van der Waals surface area (Å²) in [6.45, 7) is 11.6. The highest BCUT2D eigenvalue weighted by atomic mass is 16.5. The van der Waals surface area contributed by atoms with Gasteiger partial charge in [0.05, 0.1) is 12.7 Å². The summed E-state index contributed by atoms with van der Waals surface area (Å²) in [6.07, 6.45) is 4.50. The summed E-state index contributed by atoms with van der Waals surface area (Å²) >= 11 is 0. The Morgan fingerprint density at radius 1 is 1.40 bits per heavy atom. The van der Waals surface area contributed by atoms with Crippen LogP contribution in [0.15, 0.2) is 0 Å². The van der Waals surface area contributed by atoms with Crippen molar-refractivity contribution in [2.45, 2.75) is 45.6 Å². The summed E-state index contributed by atoms with van der Waals surface area (Å²) in [5.41, 5.74) is 0.312. The van der Waals surface area contributed by atoms with E-state index in [2.05, 4.69) is 17.1 Å². The molecular formula is C16H32N2O2. The van der Waals surface area contributed by atoms with Gasteiger partial charge in [-0.25, -0.2) is 0 Å². The Labute approximate surface area is 123 Å². The molecule has 2 fully saturated rings. The van der Waals surface area contributed by atoms with Crippen molar-refractivity contribution >= 4 is 0 Å². The van der Waals surface area contributed by atoms with E-state index in [1.54, 1.807) is 0 Å². The maximum absolute atomic E-state index is 9.69. The van der Waals surface area contributed by atoms with Crippen molar-refractivity contribution < 1.29 is 9.84 Å². The van der Waals surface area contributed by atoms with Crippen molar-refractivity contribution in [1.82, 2.24) is 10.2 Å². The Balaban J connectivity index is 1.80. The zero-order valence-corrected chi connectivity index (χ0v) is 13.2. The highest BCUT2D eigenvalue weighted by Gasteiger charge is 2.37. The fourth-order valence-corrected chi connectivity index (χ4v) is 3.57. The van der Waals surface area contributed by atoms with Crippen molar-refractivity contribution in [1.29, 1.82) is 0 Å². The number of nitrogens with one attached hydrogen (secondary N) is 1. The van der Waals surface area contributed by atoms with Gasteiger partial charge in [0.15, 0.2) is 0 Å². The molecule has 2 N–H and O–H groups in total. The first-order valence-electron chi connectivity index (χ1n) is 8.34. The lowest BCUT2D eigenvalue weighted by molar-refractivity contribution is 0.0476. The van der Waals surface area contributed by atoms with Crippen LogP contribution in [-0.4, -0.2) is 62.0 Å². The highest BCUT2D eigenvalue weighted by Crippen LogP contribution is 2.31. The molecule has 0 amide bonds. The summed E-state index contributed by atoms with van der Waals surface area (Å²) in [7, 11) is 0. The van der Waals surface area contributed by atoms with E-state index in [1.165, 1.54) is 12.8 Å². The third-order valence-corrected chi connectivity index (χ3v) is 4.99. The molecule has 2 heterocycles. The fourth-order valence-electron chi connectivity index (χ4n) is 3.57. The Bertz CT molecular complexity index is 270. The lowest BCUT2D eigenvalue weighted by atomic mass is 9.84. The molecule has 118 valence electrons. The molecule has 0 spiro atoms. The van der Waals surface area contributed by atoms with Gasteiger partial charge in [0.1, 0.15) is 0 Å². The Kier molecular flexibility index (Phi) is 6.27. The molecule has 0 aliphatic carbocycles. The van der Waals surface area contributed by atoms with Gasteiger partial charge >= 0.3 is 0 Å². The lowest BCUT2D eigenvalue weighted by Crippen LogP contribution is -2.48. The topological polar surface area (TPSA) is 44.7 Å². The molecule has 2 rings (SSSR count). The minimum absolute atomic E-state index is 0.146. The lowest BCUT2D eigenvalue weighted by Gasteiger charge is -2.39. The smallest absolute Gasteiger partial charge is 0.0547 e. The quantitative estimate of drug-likeness (QED) is 0.695. The normalized spacial score (nSPS) is 30.8. The maximum Gasteiger partial charge on any atom is 0.0547 e. The van der Waals surface area contributed by atoms with Crippen molar-refractivity contribution in [3.63, 3.8) is 0 Å². The van der Waals surface area contributed by atoms with Gasteiger partial charge in [0.2, 0.25) is 0 Å². The molecule has 2 unspecified atom stereocenters. The summed E-state index contributed by atoms with van der Waals surface area (Å²) in [6, 6.07) is 0. The van der Waals surface area contributed by atoms with Crippen LogP contribution in [0.1, 0.15) is 39.5 Å². The maximum atomic E-state index is 9.69. The molecule has 4 heteroatoms. The summed E-state index contributed by atoms with van der Waals surface area (Å²) in [5.74, 6) is 0.500. The molecule has 0 saturated carbocycles.